The van der Waals surface area contributed by atoms with Crippen molar-refractivity contribution in [1.82, 2.24) is 0 Å². The van der Waals surface area contributed by atoms with Crippen molar-refractivity contribution in [3.05, 3.63) is 28.8 Å². The summed E-state index contributed by atoms with van der Waals surface area (Å²) >= 11 is 6.12. The molecule has 2 fully saturated rings. The number of nitrogen functional groups attached to an aromatic ring is 1. The van der Waals surface area contributed by atoms with Crippen LogP contribution in [0.25, 0.3) is 0 Å². The highest BCUT2D eigenvalue weighted by Crippen LogP contribution is 2.66. The van der Waals surface area contributed by atoms with E-state index in [-0.39, 0.29) is 27.9 Å². The lowest BCUT2D eigenvalue weighted by atomic mass is 9.70. The number of benzene rings is 1. The van der Waals surface area contributed by atoms with E-state index in [2.05, 4.69) is 20.8 Å². The van der Waals surface area contributed by atoms with Crippen molar-refractivity contribution in [1.29, 1.82) is 0 Å². The summed E-state index contributed by atoms with van der Waals surface area (Å²) in [7, 11) is 0. The first-order chi connectivity index (χ1) is 9.77. The fraction of sp³-hybridized carbons (Fsp3) is 0.588. The van der Waals surface area contributed by atoms with E-state index < -0.39 is 0 Å². The molecule has 114 valence electrons. The van der Waals surface area contributed by atoms with Gasteiger partial charge in [-0.25, -0.2) is 4.79 Å². The highest BCUT2D eigenvalue weighted by Gasteiger charge is 2.62. The van der Waals surface area contributed by atoms with Crippen molar-refractivity contribution in [2.75, 3.05) is 5.73 Å². The van der Waals surface area contributed by atoms with Gasteiger partial charge in [-0.15, -0.1) is 0 Å². The van der Waals surface area contributed by atoms with E-state index in [9.17, 15) is 4.79 Å². The molecule has 0 aliphatic heterocycles. The van der Waals surface area contributed by atoms with Gasteiger partial charge in [0.15, 0.2) is 0 Å². The molecule has 0 heterocycles. The van der Waals surface area contributed by atoms with Gasteiger partial charge in [-0.3, -0.25) is 0 Å². The van der Waals surface area contributed by atoms with Crippen LogP contribution in [0.3, 0.4) is 0 Å². The number of rotatable bonds is 2. The summed E-state index contributed by atoms with van der Waals surface area (Å²) in [4.78, 5) is 12.4. The zero-order valence-corrected chi connectivity index (χ0v) is 13.5. The predicted octanol–water partition coefficient (Wildman–Crippen LogP) is 4.29. The molecule has 4 heteroatoms. The van der Waals surface area contributed by atoms with Gasteiger partial charge in [-0.1, -0.05) is 38.4 Å². The first-order valence-electron chi connectivity index (χ1n) is 7.52. The molecule has 2 N–H and O–H groups in total. The fourth-order valence-electron chi connectivity index (χ4n) is 4.21. The average Bonchev–Trinajstić information content (AvgIpc) is 2.75. The second kappa shape index (κ2) is 4.64. The average molecular weight is 308 g/mol. The summed E-state index contributed by atoms with van der Waals surface area (Å²) in [6.07, 6.45) is 3.27. The van der Waals surface area contributed by atoms with E-state index in [1.165, 1.54) is 6.42 Å². The van der Waals surface area contributed by atoms with Crippen LogP contribution in [-0.4, -0.2) is 12.1 Å². The Morgan fingerprint density at radius 2 is 2.10 bits per heavy atom. The molecule has 0 saturated heterocycles. The lowest BCUT2D eigenvalue weighted by Gasteiger charge is -2.38. The molecule has 3 unspecified atom stereocenters. The van der Waals surface area contributed by atoms with Gasteiger partial charge >= 0.3 is 5.97 Å². The van der Waals surface area contributed by atoms with Crippen LogP contribution in [0.15, 0.2) is 18.2 Å². The van der Waals surface area contributed by atoms with Gasteiger partial charge < -0.3 is 10.5 Å². The SMILES string of the molecule is CC1(C)C2CCC1(C)C(OC(=O)c1cccc(N)c1Cl)C2. The molecule has 2 aliphatic carbocycles. The Labute approximate surface area is 130 Å². The van der Waals surface area contributed by atoms with Crippen molar-refractivity contribution in [3.63, 3.8) is 0 Å². The number of halogens is 1. The van der Waals surface area contributed by atoms with Crippen molar-refractivity contribution in [3.8, 4) is 0 Å². The summed E-state index contributed by atoms with van der Waals surface area (Å²) < 4.78 is 5.83. The third-order valence-electron chi connectivity index (χ3n) is 6.21. The number of fused-ring (bicyclic) bond motifs is 2. The number of nitrogens with two attached hydrogens (primary N) is 1. The Bertz CT molecular complexity index is 598. The topological polar surface area (TPSA) is 52.3 Å². The third-order valence-corrected chi connectivity index (χ3v) is 6.63. The van der Waals surface area contributed by atoms with E-state index in [1.807, 2.05) is 0 Å². The molecule has 2 aliphatic rings. The first-order valence-corrected chi connectivity index (χ1v) is 7.90. The fourth-order valence-corrected chi connectivity index (χ4v) is 4.41. The molecular weight excluding hydrogens is 286 g/mol. The Morgan fingerprint density at radius 3 is 2.67 bits per heavy atom. The normalized spacial score (nSPS) is 33.1. The lowest BCUT2D eigenvalue weighted by molar-refractivity contribution is -0.0242. The maximum atomic E-state index is 12.4. The number of carbonyl (C=O) groups is 1. The number of hydrogen-bond acceptors (Lipinski definition) is 3. The highest BCUT2D eigenvalue weighted by molar-refractivity contribution is 6.36. The monoisotopic (exact) mass is 307 g/mol. The molecule has 3 rings (SSSR count). The maximum absolute atomic E-state index is 12.4. The smallest absolute Gasteiger partial charge is 0.340 e. The van der Waals surface area contributed by atoms with E-state index in [4.69, 9.17) is 22.1 Å². The molecule has 0 amide bonds. The number of ether oxygens (including phenoxy) is 1. The molecule has 1 aromatic carbocycles. The zero-order chi connectivity index (χ0) is 15.4. The molecule has 3 nitrogen and oxygen atoms in total. The maximum Gasteiger partial charge on any atom is 0.340 e. The van der Waals surface area contributed by atoms with Gasteiger partial charge in [0, 0.05) is 5.41 Å². The molecule has 0 radical (unpaired) electrons. The van der Waals surface area contributed by atoms with Crippen LogP contribution >= 0.6 is 11.6 Å². The number of anilines is 1. The van der Waals surface area contributed by atoms with E-state index in [0.29, 0.717) is 17.2 Å². The highest BCUT2D eigenvalue weighted by atomic mass is 35.5. The summed E-state index contributed by atoms with van der Waals surface area (Å²) in [5.74, 6) is 0.276. The molecule has 0 spiro atoms. The third kappa shape index (κ3) is 1.97. The van der Waals surface area contributed by atoms with E-state index in [1.54, 1.807) is 18.2 Å². The van der Waals surface area contributed by atoms with Crippen molar-refractivity contribution in [2.24, 2.45) is 16.7 Å². The van der Waals surface area contributed by atoms with Crippen LogP contribution in [-0.2, 0) is 4.74 Å². The van der Waals surface area contributed by atoms with Crippen molar-refractivity contribution < 1.29 is 9.53 Å². The second-order valence-electron chi connectivity index (χ2n) is 7.21. The summed E-state index contributed by atoms with van der Waals surface area (Å²) in [5.41, 5.74) is 6.80. The number of esters is 1. The van der Waals surface area contributed by atoms with Gasteiger partial charge in [0.25, 0.3) is 0 Å². The Hall–Kier alpha value is -1.22. The van der Waals surface area contributed by atoms with Gasteiger partial charge in [0.1, 0.15) is 6.10 Å². The van der Waals surface area contributed by atoms with Gasteiger partial charge in [-0.05, 0) is 42.7 Å². The minimum atomic E-state index is -0.359. The number of hydrogen-bond donors (Lipinski definition) is 1. The van der Waals surface area contributed by atoms with Crippen molar-refractivity contribution in [2.45, 2.75) is 46.1 Å². The minimum absolute atomic E-state index is 0.0313. The van der Waals surface area contributed by atoms with Crippen LogP contribution in [0.5, 0.6) is 0 Å². The Balaban J connectivity index is 1.82. The first kappa shape index (κ1) is 14.7. The minimum Gasteiger partial charge on any atom is -0.458 e. The molecule has 0 aromatic heterocycles. The van der Waals surface area contributed by atoms with Crippen LogP contribution in [0.2, 0.25) is 5.02 Å². The van der Waals surface area contributed by atoms with Crippen LogP contribution in [0.1, 0.15) is 50.4 Å². The quantitative estimate of drug-likeness (QED) is 0.655. The molecule has 2 bridgehead atoms. The molecule has 3 atom stereocenters. The Morgan fingerprint density at radius 1 is 1.38 bits per heavy atom. The summed E-state index contributed by atoms with van der Waals surface area (Å²) in [5, 5.41) is 0.287. The standard InChI is InChI=1S/C17H22ClNO2/c1-16(2)10-7-8-17(16,3)13(9-10)21-15(20)11-5-4-6-12(19)14(11)18/h4-6,10,13H,7-9,19H2,1-3H3. The molecular formula is C17H22ClNO2. The summed E-state index contributed by atoms with van der Waals surface area (Å²) in [6.45, 7) is 6.84. The second-order valence-corrected chi connectivity index (χ2v) is 7.59. The van der Waals surface area contributed by atoms with E-state index in [0.717, 1.165) is 12.8 Å². The van der Waals surface area contributed by atoms with Crippen LogP contribution in [0.4, 0.5) is 5.69 Å². The Kier molecular flexibility index (Phi) is 3.25. The molecule has 21 heavy (non-hydrogen) atoms. The van der Waals surface area contributed by atoms with Gasteiger partial charge in [0.2, 0.25) is 0 Å². The van der Waals surface area contributed by atoms with Crippen LogP contribution < -0.4 is 5.73 Å². The number of carbonyl (C=O) groups excluding carboxylic acids is 1. The predicted molar refractivity (Wildman–Crippen MR) is 84.3 cm³/mol. The lowest BCUT2D eigenvalue weighted by Crippen LogP contribution is -2.38. The molecule has 2 saturated carbocycles. The van der Waals surface area contributed by atoms with Crippen molar-refractivity contribution >= 4 is 23.3 Å². The molecule has 1 aromatic rings. The largest absolute Gasteiger partial charge is 0.458 e. The van der Waals surface area contributed by atoms with E-state index >= 15 is 0 Å². The van der Waals surface area contributed by atoms with Crippen LogP contribution in [0, 0.1) is 16.7 Å². The van der Waals surface area contributed by atoms with Gasteiger partial charge in [-0.2, -0.15) is 0 Å². The summed E-state index contributed by atoms with van der Waals surface area (Å²) in [6, 6.07) is 5.08. The van der Waals surface area contributed by atoms with Gasteiger partial charge in [0.05, 0.1) is 16.3 Å². The zero-order valence-electron chi connectivity index (χ0n) is 12.8.